The molecule has 1 aromatic carbocycles. The molecule has 24 heavy (non-hydrogen) atoms. The van der Waals surface area contributed by atoms with E-state index < -0.39 is 10.0 Å². The van der Waals surface area contributed by atoms with Gasteiger partial charge in [-0.25, -0.2) is 8.42 Å². The van der Waals surface area contributed by atoms with Crippen molar-refractivity contribution in [2.45, 2.75) is 0 Å². The predicted molar refractivity (Wildman–Crippen MR) is 93.2 cm³/mol. The van der Waals surface area contributed by atoms with Crippen molar-refractivity contribution in [3.8, 4) is 11.3 Å². The van der Waals surface area contributed by atoms with Crippen LogP contribution in [0.3, 0.4) is 0 Å². The fraction of sp³-hybridized carbons (Fsp3) is 0.0588. The summed E-state index contributed by atoms with van der Waals surface area (Å²) in [5.74, 6) is 0.604. The fourth-order valence-electron chi connectivity index (χ4n) is 2.62. The molecule has 0 radical (unpaired) electrons. The molecule has 120 valence electrons. The van der Waals surface area contributed by atoms with Crippen LogP contribution in [0, 0.1) is 0 Å². The second kappa shape index (κ2) is 5.31. The lowest BCUT2D eigenvalue weighted by molar-refractivity contribution is 0.606. The van der Waals surface area contributed by atoms with E-state index in [1.807, 2.05) is 30.3 Å². The van der Waals surface area contributed by atoms with Gasteiger partial charge in [0.15, 0.2) is 0 Å². The number of aromatic nitrogens is 2. The first-order valence-corrected chi connectivity index (χ1v) is 9.09. The number of nitrogens with one attached hydrogen (secondary N) is 1. The van der Waals surface area contributed by atoms with E-state index in [2.05, 4.69) is 14.7 Å². The zero-order valence-corrected chi connectivity index (χ0v) is 13.5. The molecule has 7 heteroatoms. The number of pyridine rings is 2. The van der Waals surface area contributed by atoms with E-state index in [-0.39, 0.29) is 0 Å². The maximum atomic E-state index is 11.4. The Balaban J connectivity index is 1.85. The second-order valence-corrected chi connectivity index (χ2v) is 7.26. The van der Waals surface area contributed by atoms with Crippen LogP contribution in [0.4, 0.5) is 5.69 Å². The molecule has 0 saturated carbocycles. The first-order chi connectivity index (χ1) is 11.5. The topological polar surface area (TPSA) is 85.1 Å². The Hall–Kier alpha value is -2.93. The van der Waals surface area contributed by atoms with Crippen LogP contribution < -0.4 is 4.72 Å². The van der Waals surface area contributed by atoms with E-state index in [1.165, 1.54) is 6.20 Å². The third-order valence-electron chi connectivity index (χ3n) is 3.58. The zero-order valence-electron chi connectivity index (χ0n) is 12.7. The Kier molecular flexibility index (Phi) is 3.24. The lowest BCUT2D eigenvalue weighted by atomic mass is 10.1. The average Bonchev–Trinajstić information content (AvgIpc) is 2.98. The normalized spacial score (nSPS) is 11.9. The van der Waals surface area contributed by atoms with Gasteiger partial charge in [-0.3, -0.25) is 14.7 Å². The number of nitrogens with zero attached hydrogens (tertiary/aromatic N) is 2. The lowest BCUT2D eigenvalue weighted by Crippen LogP contribution is -2.09. The zero-order chi connectivity index (χ0) is 16.7. The highest BCUT2D eigenvalue weighted by Gasteiger charge is 2.11. The Morgan fingerprint density at radius 1 is 1.08 bits per heavy atom. The van der Waals surface area contributed by atoms with Crippen LogP contribution >= 0.6 is 0 Å². The van der Waals surface area contributed by atoms with Crippen LogP contribution in [0.15, 0.2) is 59.4 Å². The van der Waals surface area contributed by atoms with Crippen molar-refractivity contribution in [2.24, 2.45) is 0 Å². The highest BCUT2D eigenvalue weighted by Crippen LogP contribution is 2.32. The van der Waals surface area contributed by atoms with Gasteiger partial charge in [0.2, 0.25) is 10.0 Å². The van der Waals surface area contributed by atoms with Crippen molar-refractivity contribution in [3.05, 3.63) is 55.0 Å². The highest BCUT2D eigenvalue weighted by atomic mass is 32.2. The van der Waals surface area contributed by atoms with E-state index in [0.717, 1.165) is 28.1 Å². The third-order valence-corrected chi connectivity index (χ3v) is 4.18. The molecule has 0 unspecified atom stereocenters. The third kappa shape index (κ3) is 2.69. The van der Waals surface area contributed by atoms with Crippen LogP contribution in [0.25, 0.3) is 33.2 Å². The number of rotatable bonds is 3. The van der Waals surface area contributed by atoms with Crippen LogP contribution in [0.5, 0.6) is 0 Å². The SMILES string of the molecule is CS(=O)(=O)Nc1cncc(-c2cc3cnc4ccccc4c3o2)c1. The molecular formula is C17H13N3O3S. The van der Waals surface area contributed by atoms with Crippen molar-refractivity contribution in [3.63, 3.8) is 0 Å². The smallest absolute Gasteiger partial charge is 0.229 e. The van der Waals surface area contributed by atoms with Gasteiger partial charge in [-0.1, -0.05) is 12.1 Å². The summed E-state index contributed by atoms with van der Waals surface area (Å²) >= 11 is 0. The summed E-state index contributed by atoms with van der Waals surface area (Å²) in [5.41, 5.74) is 2.68. The van der Waals surface area contributed by atoms with Crippen molar-refractivity contribution in [2.75, 3.05) is 11.0 Å². The largest absolute Gasteiger partial charge is 0.455 e. The Bertz CT molecular complexity index is 1170. The van der Waals surface area contributed by atoms with E-state index in [9.17, 15) is 8.42 Å². The quantitative estimate of drug-likeness (QED) is 0.618. The number of hydrogen-bond acceptors (Lipinski definition) is 5. The predicted octanol–water partition coefficient (Wildman–Crippen LogP) is 3.41. The molecule has 0 bridgehead atoms. The van der Waals surface area contributed by atoms with Crippen LogP contribution in [-0.4, -0.2) is 24.6 Å². The summed E-state index contributed by atoms with van der Waals surface area (Å²) in [7, 11) is -3.36. The number of anilines is 1. The van der Waals surface area contributed by atoms with Gasteiger partial charge in [0, 0.05) is 28.7 Å². The minimum Gasteiger partial charge on any atom is -0.455 e. The molecule has 0 saturated heterocycles. The molecule has 0 aliphatic rings. The van der Waals surface area contributed by atoms with E-state index in [0.29, 0.717) is 17.0 Å². The molecule has 0 fully saturated rings. The highest BCUT2D eigenvalue weighted by molar-refractivity contribution is 7.92. The summed E-state index contributed by atoms with van der Waals surface area (Å²) in [4.78, 5) is 8.49. The first-order valence-electron chi connectivity index (χ1n) is 7.20. The van der Waals surface area contributed by atoms with Crippen LogP contribution in [0.1, 0.15) is 0 Å². The van der Waals surface area contributed by atoms with Crippen LogP contribution in [0.2, 0.25) is 0 Å². The minimum absolute atomic E-state index is 0.387. The lowest BCUT2D eigenvalue weighted by Gasteiger charge is -2.04. The van der Waals surface area contributed by atoms with E-state index >= 15 is 0 Å². The summed E-state index contributed by atoms with van der Waals surface area (Å²) in [6, 6.07) is 11.3. The molecule has 4 rings (SSSR count). The van der Waals surface area contributed by atoms with Gasteiger partial charge in [0.1, 0.15) is 11.3 Å². The molecule has 0 spiro atoms. The molecule has 6 nitrogen and oxygen atoms in total. The van der Waals surface area contributed by atoms with Crippen molar-refractivity contribution in [1.29, 1.82) is 0 Å². The van der Waals surface area contributed by atoms with Gasteiger partial charge in [-0.2, -0.15) is 0 Å². The monoisotopic (exact) mass is 339 g/mol. The minimum atomic E-state index is -3.36. The Labute approximate surface area is 138 Å². The maximum absolute atomic E-state index is 11.4. The average molecular weight is 339 g/mol. The molecular weight excluding hydrogens is 326 g/mol. The number of hydrogen-bond donors (Lipinski definition) is 1. The first kappa shape index (κ1) is 14.6. The summed E-state index contributed by atoms with van der Waals surface area (Å²) < 4.78 is 31.1. The molecule has 3 heterocycles. The summed E-state index contributed by atoms with van der Waals surface area (Å²) in [6.45, 7) is 0. The number of fused-ring (bicyclic) bond motifs is 3. The van der Waals surface area contributed by atoms with Gasteiger partial charge in [-0.05, 0) is 24.3 Å². The van der Waals surface area contributed by atoms with E-state index in [4.69, 9.17) is 4.42 Å². The van der Waals surface area contributed by atoms with Crippen molar-refractivity contribution < 1.29 is 12.8 Å². The number of para-hydroxylation sites is 1. The molecule has 0 amide bonds. The Morgan fingerprint density at radius 3 is 2.75 bits per heavy atom. The molecule has 0 aliphatic heterocycles. The Morgan fingerprint density at radius 2 is 1.92 bits per heavy atom. The van der Waals surface area contributed by atoms with Gasteiger partial charge < -0.3 is 4.42 Å². The molecule has 4 aromatic rings. The standard InChI is InChI=1S/C17H13N3O3S/c1-24(21,22)20-13-6-11(8-18-10-13)16-7-12-9-19-15-5-3-2-4-14(15)17(12)23-16/h2-10,20H,1H3. The number of sulfonamides is 1. The maximum Gasteiger partial charge on any atom is 0.229 e. The summed E-state index contributed by atoms with van der Waals surface area (Å²) in [5, 5.41) is 1.81. The van der Waals surface area contributed by atoms with Gasteiger partial charge in [0.05, 0.1) is 23.7 Å². The fourth-order valence-corrected chi connectivity index (χ4v) is 3.16. The molecule has 3 aromatic heterocycles. The number of furan rings is 1. The van der Waals surface area contributed by atoms with E-state index in [1.54, 1.807) is 18.5 Å². The van der Waals surface area contributed by atoms with Gasteiger partial charge in [-0.15, -0.1) is 0 Å². The molecule has 1 N–H and O–H groups in total. The van der Waals surface area contributed by atoms with Crippen LogP contribution in [-0.2, 0) is 10.0 Å². The van der Waals surface area contributed by atoms with Crippen molar-refractivity contribution in [1.82, 2.24) is 9.97 Å². The molecule has 0 aliphatic carbocycles. The molecule has 0 atom stereocenters. The van der Waals surface area contributed by atoms with Gasteiger partial charge in [0.25, 0.3) is 0 Å². The van der Waals surface area contributed by atoms with Crippen molar-refractivity contribution >= 4 is 37.6 Å². The summed E-state index contributed by atoms with van der Waals surface area (Å²) in [6.07, 6.45) is 5.93. The second-order valence-electron chi connectivity index (χ2n) is 5.51. The van der Waals surface area contributed by atoms with Gasteiger partial charge >= 0.3 is 0 Å². The number of benzene rings is 1.